The number of nitrogens with zero attached hydrogens (tertiary/aromatic N) is 2. The Bertz CT molecular complexity index is 242. The number of carbonyl (C=O) groups excluding carboxylic acids is 1. The van der Waals surface area contributed by atoms with E-state index in [1.165, 1.54) is 0 Å². The Hall–Kier alpha value is -1.08. The van der Waals surface area contributed by atoms with Gasteiger partial charge in [-0.2, -0.15) is 5.26 Å². The summed E-state index contributed by atoms with van der Waals surface area (Å²) in [4.78, 5) is 13.4. The highest BCUT2D eigenvalue weighted by molar-refractivity contribution is 5.78. The van der Waals surface area contributed by atoms with Crippen LogP contribution < -0.4 is 5.32 Å². The number of nitrogens with one attached hydrogen (secondary N) is 1. The van der Waals surface area contributed by atoms with Crippen LogP contribution >= 0.6 is 0 Å². The van der Waals surface area contributed by atoms with Crippen LogP contribution in [0.4, 0.5) is 0 Å². The van der Waals surface area contributed by atoms with Gasteiger partial charge in [0.1, 0.15) is 0 Å². The number of nitriles is 1. The molecule has 0 bridgehead atoms. The molecule has 78 valence electrons. The zero-order valence-corrected chi connectivity index (χ0v) is 8.79. The zero-order chi connectivity index (χ0) is 10.6. The van der Waals surface area contributed by atoms with E-state index in [-0.39, 0.29) is 11.8 Å². The first-order valence-corrected chi connectivity index (χ1v) is 4.99. The molecule has 1 atom stereocenters. The van der Waals surface area contributed by atoms with E-state index in [1.807, 2.05) is 13.0 Å². The van der Waals surface area contributed by atoms with Gasteiger partial charge in [-0.15, -0.1) is 0 Å². The smallest absolute Gasteiger partial charge is 0.225 e. The lowest BCUT2D eigenvalue weighted by atomic mass is 9.88. The van der Waals surface area contributed by atoms with Crippen molar-refractivity contribution in [3.63, 3.8) is 0 Å². The largest absolute Gasteiger partial charge is 0.344 e. The molecule has 0 aromatic carbocycles. The van der Waals surface area contributed by atoms with Crippen molar-refractivity contribution < 1.29 is 4.79 Å². The van der Waals surface area contributed by atoms with Gasteiger partial charge in [-0.1, -0.05) is 6.92 Å². The van der Waals surface area contributed by atoms with Gasteiger partial charge in [0.25, 0.3) is 0 Å². The van der Waals surface area contributed by atoms with Gasteiger partial charge >= 0.3 is 0 Å². The summed E-state index contributed by atoms with van der Waals surface area (Å²) in [7, 11) is 1.77. The maximum absolute atomic E-state index is 11.8. The Morgan fingerprint density at radius 3 is 2.79 bits per heavy atom. The highest BCUT2D eigenvalue weighted by Gasteiger charge is 2.30. The lowest BCUT2D eigenvalue weighted by molar-refractivity contribution is -0.135. The van der Waals surface area contributed by atoms with Crippen molar-refractivity contribution in [1.82, 2.24) is 10.2 Å². The van der Waals surface area contributed by atoms with Crippen molar-refractivity contribution in [1.29, 1.82) is 5.26 Å². The molecule has 1 N–H and O–H groups in total. The van der Waals surface area contributed by atoms with Crippen LogP contribution in [0, 0.1) is 23.2 Å². The van der Waals surface area contributed by atoms with Crippen LogP contribution in [0.3, 0.4) is 0 Å². The molecule has 1 aliphatic heterocycles. The van der Waals surface area contributed by atoms with Crippen LogP contribution in [0.5, 0.6) is 0 Å². The van der Waals surface area contributed by atoms with Crippen molar-refractivity contribution in [2.45, 2.75) is 13.3 Å². The SMILES string of the molecule is CC(C(=O)N(C)CCC#N)C1CNC1. The van der Waals surface area contributed by atoms with Gasteiger partial charge in [-0.05, 0) is 19.0 Å². The highest BCUT2D eigenvalue weighted by Crippen LogP contribution is 2.17. The van der Waals surface area contributed by atoms with Crippen LogP contribution in [0.1, 0.15) is 13.3 Å². The predicted octanol–water partition coefficient (Wildman–Crippen LogP) is 0.214. The first-order chi connectivity index (χ1) is 6.66. The number of hydrogen-bond donors (Lipinski definition) is 1. The summed E-state index contributed by atoms with van der Waals surface area (Å²) >= 11 is 0. The summed E-state index contributed by atoms with van der Waals surface area (Å²) in [5.41, 5.74) is 0. The fourth-order valence-corrected chi connectivity index (χ4v) is 1.54. The third kappa shape index (κ3) is 2.46. The lowest BCUT2D eigenvalue weighted by Crippen LogP contribution is -2.49. The predicted molar refractivity (Wildman–Crippen MR) is 53.4 cm³/mol. The summed E-state index contributed by atoms with van der Waals surface area (Å²) in [5, 5.41) is 11.6. The summed E-state index contributed by atoms with van der Waals surface area (Å²) in [6, 6.07) is 2.04. The van der Waals surface area contributed by atoms with E-state index in [0.717, 1.165) is 13.1 Å². The van der Waals surface area contributed by atoms with E-state index in [9.17, 15) is 4.79 Å². The van der Waals surface area contributed by atoms with E-state index in [2.05, 4.69) is 5.32 Å². The van der Waals surface area contributed by atoms with Gasteiger partial charge in [0, 0.05) is 19.5 Å². The molecule has 1 amide bonds. The van der Waals surface area contributed by atoms with Crippen LogP contribution in [-0.4, -0.2) is 37.5 Å². The van der Waals surface area contributed by atoms with Gasteiger partial charge in [-0.25, -0.2) is 0 Å². The fraction of sp³-hybridized carbons (Fsp3) is 0.800. The minimum absolute atomic E-state index is 0.0833. The molecule has 0 saturated carbocycles. The summed E-state index contributed by atoms with van der Waals surface area (Å²) < 4.78 is 0. The molecular weight excluding hydrogens is 178 g/mol. The molecule has 0 radical (unpaired) electrons. The molecule has 1 heterocycles. The first-order valence-electron chi connectivity index (χ1n) is 4.99. The monoisotopic (exact) mass is 195 g/mol. The van der Waals surface area contributed by atoms with Gasteiger partial charge in [0.05, 0.1) is 12.5 Å². The molecule has 4 nitrogen and oxygen atoms in total. The average Bonchev–Trinajstić information content (AvgIpc) is 2.10. The van der Waals surface area contributed by atoms with E-state index in [0.29, 0.717) is 18.9 Å². The van der Waals surface area contributed by atoms with Gasteiger partial charge in [-0.3, -0.25) is 4.79 Å². The van der Waals surface area contributed by atoms with Crippen molar-refractivity contribution in [3.05, 3.63) is 0 Å². The Morgan fingerprint density at radius 1 is 1.71 bits per heavy atom. The Balaban J connectivity index is 2.35. The van der Waals surface area contributed by atoms with Crippen molar-refractivity contribution >= 4 is 5.91 Å². The molecule has 1 aliphatic rings. The highest BCUT2D eigenvalue weighted by atomic mass is 16.2. The number of hydrogen-bond acceptors (Lipinski definition) is 3. The lowest BCUT2D eigenvalue weighted by Gasteiger charge is -2.33. The summed E-state index contributed by atoms with van der Waals surface area (Å²) in [6.07, 6.45) is 0.415. The Kier molecular flexibility index (Phi) is 3.90. The van der Waals surface area contributed by atoms with Gasteiger partial charge < -0.3 is 10.2 Å². The second-order valence-corrected chi connectivity index (χ2v) is 3.87. The molecule has 0 aromatic rings. The van der Waals surface area contributed by atoms with Crippen molar-refractivity contribution in [3.8, 4) is 6.07 Å². The normalized spacial score (nSPS) is 18.1. The summed E-state index contributed by atoms with van der Waals surface area (Å²) in [6.45, 7) is 4.40. The van der Waals surface area contributed by atoms with Crippen molar-refractivity contribution in [2.24, 2.45) is 11.8 Å². The molecule has 0 spiro atoms. The molecule has 4 heteroatoms. The Labute approximate surface area is 84.9 Å². The zero-order valence-electron chi connectivity index (χ0n) is 8.79. The van der Waals surface area contributed by atoms with Crippen LogP contribution in [0.2, 0.25) is 0 Å². The fourth-order valence-electron chi connectivity index (χ4n) is 1.54. The molecule has 14 heavy (non-hydrogen) atoms. The van der Waals surface area contributed by atoms with E-state index in [1.54, 1.807) is 11.9 Å². The first kappa shape index (κ1) is 11.0. The number of carbonyl (C=O) groups is 1. The van der Waals surface area contributed by atoms with E-state index in [4.69, 9.17) is 5.26 Å². The van der Waals surface area contributed by atoms with Crippen LogP contribution in [0.15, 0.2) is 0 Å². The number of amides is 1. The molecule has 0 aromatic heterocycles. The maximum Gasteiger partial charge on any atom is 0.225 e. The third-order valence-electron chi connectivity index (χ3n) is 2.84. The minimum atomic E-state index is 0.0833. The molecule has 1 saturated heterocycles. The molecule has 1 unspecified atom stereocenters. The second-order valence-electron chi connectivity index (χ2n) is 3.87. The minimum Gasteiger partial charge on any atom is -0.344 e. The van der Waals surface area contributed by atoms with Gasteiger partial charge in [0.15, 0.2) is 0 Å². The molecule has 0 aliphatic carbocycles. The standard InChI is InChI=1S/C10H17N3O/c1-8(9-6-12-7-9)10(14)13(2)5-3-4-11/h8-9,12H,3,5-7H2,1-2H3. The second kappa shape index (κ2) is 4.97. The average molecular weight is 195 g/mol. The molecular formula is C10H17N3O. The van der Waals surface area contributed by atoms with Crippen LogP contribution in [-0.2, 0) is 4.79 Å². The topological polar surface area (TPSA) is 56.1 Å². The number of rotatable bonds is 4. The summed E-state index contributed by atoms with van der Waals surface area (Å²) in [5.74, 6) is 0.721. The molecule has 1 rings (SSSR count). The van der Waals surface area contributed by atoms with Gasteiger partial charge in [0.2, 0.25) is 5.91 Å². The Morgan fingerprint density at radius 2 is 2.36 bits per heavy atom. The molecule has 1 fully saturated rings. The quantitative estimate of drug-likeness (QED) is 0.698. The maximum atomic E-state index is 11.8. The van der Waals surface area contributed by atoms with Crippen LogP contribution in [0.25, 0.3) is 0 Å². The van der Waals surface area contributed by atoms with E-state index < -0.39 is 0 Å². The van der Waals surface area contributed by atoms with Crippen molar-refractivity contribution in [2.75, 3.05) is 26.7 Å². The van der Waals surface area contributed by atoms with E-state index >= 15 is 0 Å². The third-order valence-corrected chi connectivity index (χ3v) is 2.84.